The second kappa shape index (κ2) is 5.84. The summed E-state index contributed by atoms with van der Waals surface area (Å²) in [5.74, 6) is -1.10. The first-order valence-electron chi connectivity index (χ1n) is 4.73. The maximum absolute atomic E-state index is 13.1. The molecule has 0 aromatic rings. The van der Waals surface area contributed by atoms with Gasteiger partial charge in [-0.2, -0.15) is 13.2 Å². The molecule has 0 saturated carbocycles. The fourth-order valence-electron chi connectivity index (χ4n) is 1.29. The molecule has 0 rings (SSSR count). The summed E-state index contributed by atoms with van der Waals surface area (Å²) in [7, 11) is 0. The molecule has 0 amide bonds. The van der Waals surface area contributed by atoms with E-state index in [9.17, 15) is 17.6 Å². The predicted molar refractivity (Wildman–Crippen MR) is 56.7 cm³/mol. The van der Waals surface area contributed by atoms with Crippen molar-refractivity contribution < 1.29 is 17.6 Å². The van der Waals surface area contributed by atoms with E-state index < -0.39 is 23.6 Å². The van der Waals surface area contributed by atoms with E-state index in [-0.39, 0.29) is 12.1 Å². The Kier molecular flexibility index (Phi) is 5.44. The Morgan fingerprint density at radius 1 is 1.44 bits per heavy atom. The number of hydrogen-bond acceptors (Lipinski definition) is 1. The van der Waals surface area contributed by atoms with Gasteiger partial charge in [0, 0.05) is 5.57 Å². The van der Waals surface area contributed by atoms with Gasteiger partial charge in [-0.25, -0.2) is 4.39 Å². The van der Waals surface area contributed by atoms with Crippen LogP contribution in [-0.2, 0) is 0 Å². The molecule has 0 aliphatic heterocycles. The van der Waals surface area contributed by atoms with Crippen molar-refractivity contribution in [3.8, 4) is 0 Å². The van der Waals surface area contributed by atoms with Crippen molar-refractivity contribution in [2.45, 2.75) is 26.1 Å². The Hall–Kier alpha value is -1.10. The smallest absolute Gasteiger partial charge is 0.303 e. The highest BCUT2D eigenvalue weighted by atomic mass is 19.4. The molecule has 92 valence electrons. The number of likely N-dealkylation sites (N-methyl/N-ethyl adjacent to an activating group) is 1. The molecule has 0 fully saturated rings. The molecule has 0 aliphatic carbocycles. The Bertz CT molecular complexity index is 302. The fourth-order valence-corrected chi connectivity index (χ4v) is 1.29. The Balaban J connectivity index is 5.46. The molecule has 0 aliphatic rings. The summed E-state index contributed by atoms with van der Waals surface area (Å²) in [5.41, 5.74) is -0.375. The van der Waals surface area contributed by atoms with Gasteiger partial charge in [0.25, 0.3) is 0 Å². The van der Waals surface area contributed by atoms with Gasteiger partial charge in [0.1, 0.15) is 11.9 Å². The molecule has 0 heterocycles. The summed E-state index contributed by atoms with van der Waals surface area (Å²) in [6.07, 6.45) is -3.39. The maximum atomic E-state index is 13.1. The van der Waals surface area contributed by atoms with Crippen LogP contribution in [0.5, 0.6) is 0 Å². The SMILES string of the molecule is C=C/C(C)=C(\C(=C)F)C(NCC)C(F)(F)F. The van der Waals surface area contributed by atoms with Crippen LogP contribution in [0.3, 0.4) is 0 Å². The Labute approximate surface area is 92.5 Å². The molecular formula is C11H15F4N. The molecule has 0 saturated heterocycles. The molecule has 0 aromatic carbocycles. The second-order valence-electron chi connectivity index (χ2n) is 3.24. The van der Waals surface area contributed by atoms with Crippen LogP contribution in [0.1, 0.15) is 13.8 Å². The first-order chi connectivity index (χ1) is 7.25. The normalized spacial score (nSPS) is 15.4. The first kappa shape index (κ1) is 14.9. The molecule has 0 bridgehead atoms. The summed E-state index contributed by atoms with van der Waals surface area (Å²) in [6.45, 7) is 9.21. The maximum Gasteiger partial charge on any atom is 0.408 e. The Morgan fingerprint density at radius 2 is 1.94 bits per heavy atom. The van der Waals surface area contributed by atoms with Gasteiger partial charge in [-0.3, -0.25) is 0 Å². The van der Waals surface area contributed by atoms with E-state index in [1.807, 2.05) is 0 Å². The molecule has 1 unspecified atom stereocenters. The van der Waals surface area contributed by atoms with Gasteiger partial charge in [-0.1, -0.05) is 26.2 Å². The number of allylic oxidation sites excluding steroid dienone is 2. The zero-order valence-electron chi connectivity index (χ0n) is 9.29. The molecule has 1 atom stereocenters. The zero-order valence-corrected chi connectivity index (χ0v) is 9.29. The topological polar surface area (TPSA) is 12.0 Å². The average molecular weight is 237 g/mol. The van der Waals surface area contributed by atoms with E-state index in [0.717, 1.165) is 0 Å². The van der Waals surface area contributed by atoms with Gasteiger partial charge in [0.15, 0.2) is 0 Å². The van der Waals surface area contributed by atoms with E-state index in [4.69, 9.17) is 0 Å². The minimum atomic E-state index is -4.56. The van der Waals surface area contributed by atoms with Crippen molar-refractivity contribution in [2.24, 2.45) is 0 Å². The fraction of sp³-hybridized carbons (Fsp3) is 0.455. The van der Waals surface area contributed by atoms with Gasteiger partial charge in [0.2, 0.25) is 0 Å². The van der Waals surface area contributed by atoms with Gasteiger partial charge >= 0.3 is 6.18 Å². The van der Waals surface area contributed by atoms with Crippen LogP contribution in [0.2, 0.25) is 0 Å². The largest absolute Gasteiger partial charge is 0.408 e. The Morgan fingerprint density at radius 3 is 2.19 bits per heavy atom. The van der Waals surface area contributed by atoms with Crippen LogP contribution >= 0.6 is 0 Å². The molecule has 0 aromatic heterocycles. The number of alkyl halides is 3. The van der Waals surface area contributed by atoms with Crippen LogP contribution in [-0.4, -0.2) is 18.8 Å². The van der Waals surface area contributed by atoms with E-state index in [0.29, 0.717) is 0 Å². The van der Waals surface area contributed by atoms with Crippen LogP contribution in [0.15, 0.2) is 36.2 Å². The standard InChI is InChI=1S/C11H15F4N/c1-5-7(3)9(8(4)12)10(16-6-2)11(13,14)15/h5,10,16H,1,4,6H2,2-3H3/b9-7+. The molecule has 0 radical (unpaired) electrons. The lowest BCUT2D eigenvalue weighted by Crippen LogP contribution is -2.44. The molecule has 5 heteroatoms. The summed E-state index contributed by atoms with van der Waals surface area (Å²) in [6, 6.07) is -2.05. The third-order valence-corrected chi connectivity index (χ3v) is 2.05. The van der Waals surface area contributed by atoms with Gasteiger partial charge in [-0.05, 0) is 19.0 Å². The highest BCUT2D eigenvalue weighted by molar-refractivity contribution is 5.38. The number of rotatable bonds is 5. The van der Waals surface area contributed by atoms with Crippen molar-refractivity contribution in [3.63, 3.8) is 0 Å². The summed E-state index contributed by atoms with van der Waals surface area (Å²) >= 11 is 0. The van der Waals surface area contributed by atoms with Crippen LogP contribution in [0, 0.1) is 0 Å². The number of hydrogen-bond donors (Lipinski definition) is 1. The van der Waals surface area contributed by atoms with Crippen LogP contribution in [0.25, 0.3) is 0 Å². The molecule has 1 nitrogen and oxygen atoms in total. The molecule has 16 heavy (non-hydrogen) atoms. The monoisotopic (exact) mass is 237 g/mol. The lowest BCUT2D eigenvalue weighted by molar-refractivity contribution is -0.146. The number of nitrogens with one attached hydrogen (secondary N) is 1. The molecule has 1 N–H and O–H groups in total. The van der Waals surface area contributed by atoms with Crippen molar-refractivity contribution in [3.05, 3.63) is 36.2 Å². The van der Waals surface area contributed by atoms with Crippen molar-refractivity contribution >= 4 is 0 Å². The quantitative estimate of drug-likeness (QED) is 0.570. The lowest BCUT2D eigenvalue weighted by Gasteiger charge is -2.24. The van der Waals surface area contributed by atoms with Crippen molar-refractivity contribution in [2.75, 3.05) is 6.54 Å². The van der Waals surface area contributed by atoms with Crippen molar-refractivity contribution in [1.29, 1.82) is 0 Å². The van der Waals surface area contributed by atoms with Gasteiger partial charge < -0.3 is 5.32 Å². The minimum absolute atomic E-state index is 0.0748. The number of halogens is 4. The highest BCUT2D eigenvalue weighted by Gasteiger charge is 2.42. The third-order valence-electron chi connectivity index (χ3n) is 2.05. The summed E-state index contributed by atoms with van der Waals surface area (Å²) in [4.78, 5) is 0. The lowest BCUT2D eigenvalue weighted by atomic mass is 10.00. The minimum Gasteiger partial charge on any atom is -0.303 e. The van der Waals surface area contributed by atoms with Crippen LogP contribution in [0.4, 0.5) is 17.6 Å². The highest BCUT2D eigenvalue weighted by Crippen LogP contribution is 2.31. The van der Waals surface area contributed by atoms with Gasteiger partial charge in [-0.15, -0.1) is 0 Å². The molecular weight excluding hydrogens is 222 g/mol. The molecule has 0 spiro atoms. The van der Waals surface area contributed by atoms with Gasteiger partial charge in [0.05, 0.1) is 0 Å². The summed E-state index contributed by atoms with van der Waals surface area (Å²) < 4.78 is 51.1. The van der Waals surface area contributed by atoms with E-state index in [2.05, 4.69) is 18.5 Å². The predicted octanol–water partition coefficient (Wildman–Crippen LogP) is 3.51. The van der Waals surface area contributed by atoms with E-state index in [1.165, 1.54) is 19.9 Å². The summed E-state index contributed by atoms with van der Waals surface area (Å²) in [5, 5.41) is 2.19. The van der Waals surface area contributed by atoms with E-state index >= 15 is 0 Å². The second-order valence-corrected chi connectivity index (χ2v) is 3.24. The third kappa shape index (κ3) is 3.81. The first-order valence-corrected chi connectivity index (χ1v) is 4.73. The van der Waals surface area contributed by atoms with Crippen molar-refractivity contribution in [1.82, 2.24) is 5.32 Å². The average Bonchev–Trinajstić information content (AvgIpc) is 2.14. The van der Waals surface area contributed by atoms with E-state index in [1.54, 1.807) is 0 Å². The zero-order chi connectivity index (χ0) is 12.9. The van der Waals surface area contributed by atoms with Crippen LogP contribution < -0.4 is 5.32 Å².